The molecule has 0 aliphatic carbocycles. The first-order valence-electron chi connectivity index (χ1n) is 10.1. The zero-order chi connectivity index (χ0) is 18.5. The Hall–Kier alpha value is -1.85. The highest BCUT2D eigenvalue weighted by molar-refractivity contribution is 6.30. The van der Waals surface area contributed by atoms with Crippen LogP contribution in [-0.2, 0) is 6.54 Å². The van der Waals surface area contributed by atoms with Gasteiger partial charge in [-0.2, -0.15) is 4.98 Å². The topological polar surface area (TPSA) is 44.3 Å². The number of hydrogen-bond donors (Lipinski definition) is 1. The molecule has 1 unspecified atom stereocenters. The fraction of sp³-hybridized carbons (Fsp3) is 0.524. The largest absolute Gasteiger partial charge is 0.356 e. The SMILES string of the molecule is Clc1ccc(CN2CCC(Nc3nccc(N4CCCCCC4)n3)C2)cc1. The zero-order valence-electron chi connectivity index (χ0n) is 15.8. The first-order valence-corrected chi connectivity index (χ1v) is 10.5. The molecule has 2 aliphatic rings. The van der Waals surface area contributed by atoms with E-state index < -0.39 is 0 Å². The highest BCUT2D eigenvalue weighted by Crippen LogP contribution is 2.20. The molecular formula is C21H28ClN5. The molecule has 2 aliphatic heterocycles. The average molecular weight is 386 g/mol. The van der Waals surface area contributed by atoms with Crippen LogP contribution in [0.3, 0.4) is 0 Å². The molecular weight excluding hydrogens is 358 g/mol. The third kappa shape index (κ3) is 5.11. The Morgan fingerprint density at radius 1 is 1.00 bits per heavy atom. The van der Waals surface area contributed by atoms with Crippen LogP contribution in [0.2, 0.25) is 5.02 Å². The highest BCUT2D eigenvalue weighted by Gasteiger charge is 2.23. The Morgan fingerprint density at radius 3 is 2.56 bits per heavy atom. The van der Waals surface area contributed by atoms with E-state index in [1.807, 2.05) is 24.4 Å². The van der Waals surface area contributed by atoms with Crippen LogP contribution in [0.1, 0.15) is 37.7 Å². The number of aromatic nitrogens is 2. The van der Waals surface area contributed by atoms with Crippen molar-refractivity contribution in [3.05, 3.63) is 47.1 Å². The van der Waals surface area contributed by atoms with E-state index in [-0.39, 0.29) is 0 Å². The normalized spacial score (nSPS) is 21.2. The summed E-state index contributed by atoms with van der Waals surface area (Å²) in [5.74, 6) is 1.82. The summed E-state index contributed by atoms with van der Waals surface area (Å²) >= 11 is 5.98. The van der Waals surface area contributed by atoms with E-state index in [0.29, 0.717) is 6.04 Å². The first-order chi connectivity index (χ1) is 13.3. The van der Waals surface area contributed by atoms with Gasteiger partial charge in [-0.05, 0) is 43.0 Å². The van der Waals surface area contributed by atoms with Crippen molar-refractivity contribution in [1.82, 2.24) is 14.9 Å². The summed E-state index contributed by atoms with van der Waals surface area (Å²) in [6, 6.07) is 10.6. The van der Waals surface area contributed by atoms with Crippen molar-refractivity contribution >= 4 is 23.4 Å². The van der Waals surface area contributed by atoms with Gasteiger partial charge in [-0.15, -0.1) is 0 Å². The summed E-state index contributed by atoms with van der Waals surface area (Å²) in [6.45, 7) is 5.28. The summed E-state index contributed by atoms with van der Waals surface area (Å²) in [6.07, 6.45) is 8.18. The number of nitrogens with one attached hydrogen (secondary N) is 1. The summed E-state index contributed by atoms with van der Waals surface area (Å²) in [5.41, 5.74) is 1.31. The molecule has 0 saturated carbocycles. The van der Waals surface area contributed by atoms with Crippen molar-refractivity contribution in [2.75, 3.05) is 36.4 Å². The molecule has 2 fully saturated rings. The van der Waals surface area contributed by atoms with Crippen LogP contribution in [-0.4, -0.2) is 47.1 Å². The lowest BCUT2D eigenvalue weighted by Crippen LogP contribution is -2.28. The van der Waals surface area contributed by atoms with Gasteiger partial charge in [0.2, 0.25) is 5.95 Å². The average Bonchev–Trinajstić information content (AvgIpc) is 2.94. The van der Waals surface area contributed by atoms with Gasteiger partial charge in [-0.1, -0.05) is 36.6 Å². The Morgan fingerprint density at radius 2 is 1.78 bits per heavy atom. The van der Waals surface area contributed by atoms with Gasteiger partial charge in [0.15, 0.2) is 0 Å². The maximum absolute atomic E-state index is 5.98. The molecule has 1 aromatic carbocycles. The number of halogens is 1. The molecule has 1 aromatic heterocycles. The van der Waals surface area contributed by atoms with Gasteiger partial charge in [0.1, 0.15) is 5.82 Å². The van der Waals surface area contributed by atoms with Crippen LogP contribution < -0.4 is 10.2 Å². The van der Waals surface area contributed by atoms with E-state index in [4.69, 9.17) is 16.6 Å². The molecule has 2 aromatic rings. The van der Waals surface area contributed by atoms with Crippen LogP contribution >= 0.6 is 11.6 Å². The molecule has 2 saturated heterocycles. The monoisotopic (exact) mass is 385 g/mol. The van der Waals surface area contributed by atoms with Crippen molar-refractivity contribution in [2.45, 2.75) is 44.7 Å². The number of hydrogen-bond acceptors (Lipinski definition) is 5. The molecule has 0 bridgehead atoms. The summed E-state index contributed by atoms with van der Waals surface area (Å²) in [7, 11) is 0. The van der Waals surface area contributed by atoms with Gasteiger partial charge in [-0.25, -0.2) is 4.98 Å². The molecule has 3 heterocycles. The third-order valence-corrected chi connectivity index (χ3v) is 5.75. The molecule has 5 nitrogen and oxygen atoms in total. The Bertz CT molecular complexity index is 728. The molecule has 0 spiro atoms. The number of likely N-dealkylation sites (tertiary alicyclic amines) is 1. The van der Waals surface area contributed by atoms with Crippen molar-refractivity contribution in [1.29, 1.82) is 0 Å². The fourth-order valence-electron chi connectivity index (χ4n) is 4.02. The van der Waals surface area contributed by atoms with Crippen molar-refractivity contribution in [2.24, 2.45) is 0 Å². The van der Waals surface area contributed by atoms with Crippen LogP contribution in [0.25, 0.3) is 0 Å². The minimum atomic E-state index is 0.400. The summed E-state index contributed by atoms with van der Waals surface area (Å²) in [4.78, 5) is 14.1. The van der Waals surface area contributed by atoms with Crippen LogP contribution in [0.4, 0.5) is 11.8 Å². The predicted molar refractivity (Wildman–Crippen MR) is 111 cm³/mol. The Balaban J connectivity index is 1.33. The number of anilines is 2. The van der Waals surface area contributed by atoms with Gasteiger partial charge in [0.05, 0.1) is 0 Å². The first kappa shape index (κ1) is 18.5. The highest BCUT2D eigenvalue weighted by atomic mass is 35.5. The summed E-state index contributed by atoms with van der Waals surface area (Å²) in [5, 5.41) is 4.34. The van der Waals surface area contributed by atoms with Crippen molar-refractivity contribution in [3.63, 3.8) is 0 Å². The van der Waals surface area contributed by atoms with Gasteiger partial charge in [0, 0.05) is 50.0 Å². The van der Waals surface area contributed by atoms with E-state index in [2.05, 4.69) is 32.2 Å². The molecule has 4 rings (SSSR count). The zero-order valence-corrected chi connectivity index (χ0v) is 16.5. The van der Waals surface area contributed by atoms with Gasteiger partial charge >= 0.3 is 0 Å². The quantitative estimate of drug-likeness (QED) is 0.835. The van der Waals surface area contributed by atoms with E-state index in [9.17, 15) is 0 Å². The molecule has 0 radical (unpaired) electrons. The lowest BCUT2D eigenvalue weighted by Gasteiger charge is -2.22. The molecule has 6 heteroatoms. The fourth-order valence-corrected chi connectivity index (χ4v) is 4.15. The van der Waals surface area contributed by atoms with Crippen molar-refractivity contribution < 1.29 is 0 Å². The Labute approximate surface area is 166 Å². The van der Waals surface area contributed by atoms with Crippen LogP contribution in [0, 0.1) is 0 Å². The lowest BCUT2D eigenvalue weighted by atomic mass is 10.2. The van der Waals surface area contributed by atoms with Gasteiger partial charge in [-0.3, -0.25) is 4.90 Å². The lowest BCUT2D eigenvalue weighted by molar-refractivity contribution is 0.328. The minimum Gasteiger partial charge on any atom is -0.356 e. The molecule has 27 heavy (non-hydrogen) atoms. The molecule has 1 N–H and O–H groups in total. The predicted octanol–water partition coefficient (Wildman–Crippen LogP) is 4.20. The maximum Gasteiger partial charge on any atom is 0.224 e. The second-order valence-electron chi connectivity index (χ2n) is 7.63. The molecule has 144 valence electrons. The van der Waals surface area contributed by atoms with E-state index >= 15 is 0 Å². The van der Waals surface area contributed by atoms with Gasteiger partial charge in [0.25, 0.3) is 0 Å². The van der Waals surface area contributed by atoms with E-state index in [1.54, 1.807) is 0 Å². The minimum absolute atomic E-state index is 0.400. The third-order valence-electron chi connectivity index (χ3n) is 5.50. The molecule has 0 amide bonds. The van der Waals surface area contributed by atoms with E-state index in [0.717, 1.165) is 55.9 Å². The standard InChI is InChI=1S/C21H28ClN5/c22-18-7-5-17(6-8-18)15-26-14-10-19(16-26)24-21-23-11-9-20(25-21)27-12-3-1-2-4-13-27/h5-9,11,19H,1-4,10,12-16H2,(H,23,24,25). The smallest absolute Gasteiger partial charge is 0.224 e. The Kier molecular flexibility index (Phi) is 6.10. The van der Waals surface area contributed by atoms with Crippen LogP contribution in [0.5, 0.6) is 0 Å². The van der Waals surface area contributed by atoms with Crippen LogP contribution in [0.15, 0.2) is 36.5 Å². The number of rotatable bonds is 5. The second-order valence-corrected chi connectivity index (χ2v) is 8.07. The molecule has 1 atom stereocenters. The second kappa shape index (κ2) is 8.89. The van der Waals surface area contributed by atoms with E-state index in [1.165, 1.54) is 31.2 Å². The maximum atomic E-state index is 5.98. The van der Waals surface area contributed by atoms with Gasteiger partial charge < -0.3 is 10.2 Å². The number of nitrogens with zero attached hydrogens (tertiary/aromatic N) is 4. The summed E-state index contributed by atoms with van der Waals surface area (Å²) < 4.78 is 0. The number of benzene rings is 1. The van der Waals surface area contributed by atoms with Crippen molar-refractivity contribution in [3.8, 4) is 0 Å².